The third kappa shape index (κ3) is 3.26. The third-order valence-electron chi connectivity index (χ3n) is 3.22. The Balaban J connectivity index is 1.85. The van der Waals surface area contributed by atoms with Crippen LogP contribution in [0.2, 0.25) is 10.0 Å². The van der Waals surface area contributed by atoms with Crippen LogP contribution in [0.4, 0.5) is 0 Å². The van der Waals surface area contributed by atoms with E-state index < -0.39 is 0 Å². The maximum Gasteiger partial charge on any atom is 0.189 e. The van der Waals surface area contributed by atoms with Crippen molar-refractivity contribution in [3.63, 3.8) is 0 Å². The molecule has 21 heavy (non-hydrogen) atoms. The Kier molecular flexibility index (Phi) is 4.24. The van der Waals surface area contributed by atoms with Crippen LogP contribution in [0.5, 0.6) is 11.5 Å². The second kappa shape index (κ2) is 6.14. The Morgan fingerprint density at radius 3 is 2.90 bits per heavy atom. The lowest BCUT2D eigenvalue weighted by Gasteiger charge is -2.21. The fourth-order valence-corrected chi connectivity index (χ4v) is 2.68. The Morgan fingerprint density at radius 1 is 1.19 bits per heavy atom. The minimum Gasteiger partial charge on any atom is -0.487 e. The molecule has 0 bridgehead atoms. The number of ether oxygens (including phenoxy) is 3. The first-order valence-corrected chi connectivity index (χ1v) is 7.30. The lowest BCUT2D eigenvalue weighted by atomic mass is 10.1. The Bertz CT molecular complexity index is 671. The molecule has 0 spiro atoms. The van der Waals surface area contributed by atoms with Crippen molar-refractivity contribution < 1.29 is 14.2 Å². The summed E-state index contributed by atoms with van der Waals surface area (Å²) in [6, 6.07) is 9.36. The normalized spacial score (nSPS) is 13.5. The molecule has 1 aliphatic heterocycles. The number of fused-ring (bicyclic) bond motifs is 1. The fraction of sp³-hybridized carbons (Fsp3) is 0.250. The maximum absolute atomic E-state index is 6.13. The molecule has 0 saturated carbocycles. The van der Waals surface area contributed by atoms with Crippen LogP contribution in [-0.2, 0) is 18.0 Å². The summed E-state index contributed by atoms with van der Waals surface area (Å²) in [6.45, 7) is 3.07. The van der Waals surface area contributed by atoms with Gasteiger partial charge in [0.2, 0.25) is 0 Å². The van der Waals surface area contributed by atoms with Gasteiger partial charge in [-0.3, -0.25) is 0 Å². The monoisotopic (exact) mass is 324 g/mol. The highest BCUT2D eigenvalue weighted by Gasteiger charge is 2.17. The Morgan fingerprint density at radius 2 is 2.05 bits per heavy atom. The second-order valence-electron chi connectivity index (χ2n) is 4.89. The molecule has 0 saturated heterocycles. The van der Waals surface area contributed by atoms with Crippen molar-refractivity contribution in [2.75, 3.05) is 6.79 Å². The van der Waals surface area contributed by atoms with Crippen LogP contribution < -0.4 is 9.47 Å². The van der Waals surface area contributed by atoms with E-state index in [1.807, 2.05) is 37.3 Å². The predicted octanol–water partition coefficient (Wildman–Crippen LogP) is 4.75. The number of aryl methyl sites for hydroxylation is 1. The van der Waals surface area contributed by atoms with Gasteiger partial charge in [-0.2, -0.15) is 0 Å². The first-order chi connectivity index (χ1) is 10.1. The van der Waals surface area contributed by atoms with E-state index >= 15 is 0 Å². The molecular formula is C16H14Cl2O3. The third-order valence-corrected chi connectivity index (χ3v) is 3.75. The molecule has 0 aliphatic carbocycles. The zero-order valence-electron chi connectivity index (χ0n) is 11.5. The van der Waals surface area contributed by atoms with Crippen LogP contribution in [0.25, 0.3) is 0 Å². The average molecular weight is 325 g/mol. The number of benzene rings is 2. The molecule has 0 unspecified atom stereocenters. The standard InChI is InChI=1S/C16H14Cl2O3/c1-10-2-3-14(18)15(4-10)20-8-12-6-13(17)5-11-7-19-9-21-16(11)12/h2-6H,7-9H2,1H3. The zero-order chi connectivity index (χ0) is 14.8. The number of hydrogen-bond acceptors (Lipinski definition) is 3. The van der Waals surface area contributed by atoms with Crippen LogP contribution in [-0.4, -0.2) is 6.79 Å². The SMILES string of the molecule is Cc1ccc(Cl)c(OCc2cc(Cl)cc3c2OCOC3)c1. The van der Waals surface area contributed by atoms with Gasteiger partial charge in [0.05, 0.1) is 11.6 Å². The van der Waals surface area contributed by atoms with Crippen LogP contribution >= 0.6 is 23.2 Å². The summed E-state index contributed by atoms with van der Waals surface area (Å²) in [5.41, 5.74) is 2.91. The van der Waals surface area contributed by atoms with Crippen molar-refractivity contribution in [2.45, 2.75) is 20.1 Å². The minimum atomic E-state index is 0.243. The topological polar surface area (TPSA) is 27.7 Å². The summed E-state index contributed by atoms with van der Waals surface area (Å²) >= 11 is 12.3. The van der Waals surface area contributed by atoms with Gasteiger partial charge in [0.1, 0.15) is 18.1 Å². The summed E-state index contributed by atoms with van der Waals surface area (Å²) in [5, 5.41) is 1.22. The summed E-state index contributed by atoms with van der Waals surface area (Å²) in [5.74, 6) is 1.44. The molecular weight excluding hydrogens is 311 g/mol. The van der Waals surface area contributed by atoms with Crippen molar-refractivity contribution >= 4 is 23.2 Å². The van der Waals surface area contributed by atoms with Gasteiger partial charge in [-0.1, -0.05) is 29.3 Å². The lowest BCUT2D eigenvalue weighted by Crippen LogP contribution is -2.14. The van der Waals surface area contributed by atoms with Gasteiger partial charge in [-0.05, 0) is 36.8 Å². The van der Waals surface area contributed by atoms with Crippen LogP contribution in [0.15, 0.2) is 30.3 Å². The van der Waals surface area contributed by atoms with Crippen molar-refractivity contribution in [3.05, 3.63) is 57.1 Å². The van der Waals surface area contributed by atoms with Crippen LogP contribution in [0.1, 0.15) is 16.7 Å². The molecule has 110 valence electrons. The van der Waals surface area contributed by atoms with Crippen molar-refractivity contribution in [2.24, 2.45) is 0 Å². The van der Waals surface area contributed by atoms with Gasteiger partial charge in [0, 0.05) is 16.1 Å². The first-order valence-electron chi connectivity index (χ1n) is 6.54. The number of rotatable bonds is 3. The summed E-state index contributed by atoms with van der Waals surface area (Å²) in [6.07, 6.45) is 0. The minimum absolute atomic E-state index is 0.243. The van der Waals surface area contributed by atoms with E-state index in [0.29, 0.717) is 29.0 Å². The van der Waals surface area contributed by atoms with Gasteiger partial charge in [-0.15, -0.1) is 0 Å². The molecule has 0 atom stereocenters. The Hall–Kier alpha value is -1.42. The van der Waals surface area contributed by atoms with E-state index in [1.54, 1.807) is 0 Å². The molecule has 1 aliphatic rings. The molecule has 0 aromatic heterocycles. The van der Waals surface area contributed by atoms with Gasteiger partial charge < -0.3 is 14.2 Å². The van der Waals surface area contributed by atoms with Gasteiger partial charge in [-0.25, -0.2) is 0 Å². The molecule has 2 aromatic carbocycles. The van der Waals surface area contributed by atoms with Crippen molar-refractivity contribution in [3.8, 4) is 11.5 Å². The molecule has 3 nitrogen and oxygen atoms in total. The molecule has 1 heterocycles. The van der Waals surface area contributed by atoms with Crippen molar-refractivity contribution in [1.29, 1.82) is 0 Å². The highest BCUT2D eigenvalue weighted by Crippen LogP contribution is 2.33. The van der Waals surface area contributed by atoms with E-state index in [0.717, 1.165) is 22.4 Å². The molecule has 0 radical (unpaired) electrons. The molecule has 0 N–H and O–H groups in total. The maximum atomic E-state index is 6.13. The molecule has 5 heteroatoms. The molecule has 0 fully saturated rings. The Labute approximate surface area is 133 Å². The molecule has 2 aromatic rings. The van der Waals surface area contributed by atoms with Gasteiger partial charge in [0.25, 0.3) is 0 Å². The van der Waals surface area contributed by atoms with Crippen molar-refractivity contribution in [1.82, 2.24) is 0 Å². The summed E-state index contributed by atoms with van der Waals surface area (Å²) < 4.78 is 16.6. The lowest BCUT2D eigenvalue weighted by molar-refractivity contribution is -0.0175. The van der Waals surface area contributed by atoms with E-state index in [2.05, 4.69) is 0 Å². The molecule has 0 amide bonds. The first kappa shape index (κ1) is 14.5. The van der Waals surface area contributed by atoms with E-state index in [-0.39, 0.29) is 6.79 Å². The summed E-state index contributed by atoms with van der Waals surface area (Å²) in [7, 11) is 0. The average Bonchev–Trinajstić information content (AvgIpc) is 2.47. The van der Waals surface area contributed by atoms with E-state index in [4.69, 9.17) is 37.4 Å². The fourth-order valence-electron chi connectivity index (χ4n) is 2.24. The molecule has 3 rings (SSSR count). The predicted molar refractivity (Wildman–Crippen MR) is 82.3 cm³/mol. The van der Waals surface area contributed by atoms with E-state index in [1.165, 1.54) is 0 Å². The van der Waals surface area contributed by atoms with Gasteiger partial charge >= 0.3 is 0 Å². The summed E-state index contributed by atoms with van der Waals surface area (Å²) in [4.78, 5) is 0. The van der Waals surface area contributed by atoms with Gasteiger partial charge in [0.15, 0.2) is 6.79 Å². The highest BCUT2D eigenvalue weighted by atomic mass is 35.5. The number of halogens is 2. The second-order valence-corrected chi connectivity index (χ2v) is 5.73. The zero-order valence-corrected chi connectivity index (χ0v) is 13.0. The highest BCUT2D eigenvalue weighted by molar-refractivity contribution is 6.32. The van der Waals surface area contributed by atoms with Crippen LogP contribution in [0.3, 0.4) is 0 Å². The quantitative estimate of drug-likeness (QED) is 0.815. The largest absolute Gasteiger partial charge is 0.487 e. The smallest absolute Gasteiger partial charge is 0.189 e. The number of hydrogen-bond donors (Lipinski definition) is 0. The van der Waals surface area contributed by atoms with Crippen LogP contribution in [0, 0.1) is 6.92 Å². The van der Waals surface area contributed by atoms with E-state index in [9.17, 15) is 0 Å².